The van der Waals surface area contributed by atoms with E-state index in [9.17, 15) is 9.90 Å². The van der Waals surface area contributed by atoms with E-state index in [1.54, 1.807) is 33.8 Å². The minimum atomic E-state index is -1.07. The molecule has 0 unspecified atom stereocenters. The van der Waals surface area contributed by atoms with Gasteiger partial charge in [0, 0.05) is 5.39 Å². The Morgan fingerprint density at radius 2 is 1.86 bits per heavy atom. The lowest BCUT2D eigenvalue weighted by molar-refractivity contribution is -0.00302. The van der Waals surface area contributed by atoms with Crippen LogP contribution in [0.15, 0.2) is 30.3 Å². The highest BCUT2D eigenvalue weighted by molar-refractivity contribution is 5.98. The first-order valence-corrected chi connectivity index (χ1v) is 7.14. The van der Waals surface area contributed by atoms with Crippen LogP contribution in [0.5, 0.6) is 5.88 Å². The zero-order valence-corrected chi connectivity index (χ0v) is 13.6. The number of methoxy groups -OCH3 is 1. The molecule has 0 radical (unpaired) electrons. The lowest BCUT2D eigenvalue weighted by Crippen LogP contribution is -2.57. The Labute approximate surface area is 130 Å². The minimum absolute atomic E-state index is 0.257. The van der Waals surface area contributed by atoms with E-state index < -0.39 is 11.1 Å². The van der Waals surface area contributed by atoms with Crippen LogP contribution in [0.1, 0.15) is 38.2 Å². The molecular weight excluding hydrogens is 280 g/mol. The maximum atomic E-state index is 12.5. The molecule has 1 amide bonds. The van der Waals surface area contributed by atoms with E-state index >= 15 is 0 Å². The van der Waals surface area contributed by atoms with Crippen molar-refractivity contribution in [1.29, 1.82) is 0 Å². The van der Waals surface area contributed by atoms with Crippen LogP contribution >= 0.6 is 0 Å². The van der Waals surface area contributed by atoms with Gasteiger partial charge in [-0.05, 0) is 45.2 Å². The molecule has 2 aromatic rings. The first-order valence-electron chi connectivity index (χ1n) is 7.14. The maximum absolute atomic E-state index is 12.5. The number of amides is 1. The molecule has 1 aromatic carbocycles. The Morgan fingerprint density at radius 3 is 2.45 bits per heavy atom. The van der Waals surface area contributed by atoms with E-state index in [0.717, 1.165) is 10.8 Å². The molecule has 118 valence electrons. The monoisotopic (exact) mass is 302 g/mol. The van der Waals surface area contributed by atoms with Gasteiger partial charge in [0.2, 0.25) is 5.88 Å². The van der Waals surface area contributed by atoms with Crippen molar-refractivity contribution in [3.63, 3.8) is 0 Å². The number of carbonyl (C=O) groups excluding carboxylic acids is 1. The van der Waals surface area contributed by atoms with Crippen LogP contribution in [0.3, 0.4) is 0 Å². The molecule has 5 nitrogen and oxygen atoms in total. The number of nitrogens with one attached hydrogen (secondary N) is 1. The average molecular weight is 302 g/mol. The first kappa shape index (κ1) is 16.2. The molecule has 0 bridgehead atoms. The summed E-state index contributed by atoms with van der Waals surface area (Å²) >= 11 is 0. The third-order valence-corrected chi connectivity index (χ3v) is 4.09. The van der Waals surface area contributed by atoms with Gasteiger partial charge in [0.05, 0.1) is 18.2 Å². The highest BCUT2D eigenvalue weighted by Crippen LogP contribution is 2.25. The summed E-state index contributed by atoms with van der Waals surface area (Å²) in [5.41, 5.74) is -1.61. The summed E-state index contributed by atoms with van der Waals surface area (Å²) in [6.45, 7) is 6.84. The quantitative estimate of drug-likeness (QED) is 0.910. The number of carbonyl (C=O) groups is 1. The molecular formula is C17H22N2O3. The number of aliphatic hydroxyl groups is 1. The Morgan fingerprint density at radius 1 is 1.23 bits per heavy atom. The molecule has 0 saturated carbocycles. The Bertz CT molecular complexity index is 703. The van der Waals surface area contributed by atoms with Gasteiger partial charge in [0.15, 0.2) is 0 Å². The SMILES string of the molecule is COc1nc(C(=O)NC(C)(C)C(C)(C)O)cc2ccccc12. The predicted octanol–water partition coefficient (Wildman–Crippen LogP) is 2.52. The number of aromatic nitrogens is 1. The number of hydrogen-bond donors (Lipinski definition) is 2. The van der Waals surface area contributed by atoms with Crippen molar-refractivity contribution < 1.29 is 14.6 Å². The van der Waals surface area contributed by atoms with Crippen molar-refractivity contribution in [1.82, 2.24) is 10.3 Å². The molecule has 0 aliphatic rings. The summed E-state index contributed by atoms with van der Waals surface area (Å²) in [6, 6.07) is 9.29. The van der Waals surface area contributed by atoms with Crippen LogP contribution in [-0.2, 0) is 0 Å². The number of ether oxygens (including phenoxy) is 1. The van der Waals surface area contributed by atoms with Crippen molar-refractivity contribution in [2.45, 2.75) is 38.8 Å². The fraction of sp³-hybridized carbons (Fsp3) is 0.412. The zero-order chi connectivity index (χ0) is 16.5. The molecule has 2 N–H and O–H groups in total. The summed E-state index contributed by atoms with van der Waals surface area (Å²) < 4.78 is 5.28. The largest absolute Gasteiger partial charge is 0.481 e. The van der Waals surface area contributed by atoms with Gasteiger partial charge < -0.3 is 15.2 Å². The third-order valence-electron chi connectivity index (χ3n) is 4.09. The molecule has 0 atom stereocenters. The van der Waals surface area contributed by atoms with E-state index in [4.69, 9.17) is 4.74 Å². The lowest BCUT2D eigenvalue weighted by Gasteiger charge is -2.37. The van der Waals surface area contributed by atoms with Gasteiger partial charge in [-0.1, -0.05) is 18.2 Å². The third kappa shape index (κ3) is 3.04. The van der Waals surface area contributed by atoms with Gasteiger partial charge in [-0.15, -0.1) is 0 Å². The van der Waals surface area contributed by atoms with Crippen molar-refractivity contribution in [3.8, 4) is 5.88 Å². The molecule has 0 fully saturated rings. The number of pyridine rings is 1. The van der Waals surface area contributed by atoms with E-state index in [1.165, 1.54) is 7.11 Å². The lowest BCUT2D eigenvalue weighted by atomic mass is 9.86. The molecule has 0 saturated heterocycles. The van der Waals surface area contributed by atoms with Crippen molar-refractivity contribution in [2.75, 3.05) is 7.11 Å². The first-order chi connectivity index (χ1) is 10.2. The van der Waals surface area contributed by atoms with E-state index in [2.05, 4.69) is 10.3 Å². The van der Waals surface area contributed by atoms with Crippen molar-refractivity contribution in [2.24, 2.45) is 0 Å². The molecule has 22 heavy (non-hydrogen) atoms. The Balaban J connectivity index is 2.41. The van der Waals surface area contributed by atoms with E-state index in [-0.39, 0.29) is 11.6 Å². The highest BCUT2D eigenvalue weighted by Gasteiger charge is 2.36. The fourth-order valence-corrected chi connectivity index (χ4v) is 1.94. The van der Waals surface area contributed by atoms with Gasteiger partial charge >= 0.3 is 0 Å². The minimum Gasteiger partial charge on any atom is -0.481 e. The van der Waals surface area contributed by atoms with Gasteiger partial charge in [0.25, 0.3) is 5.91 Å². The molecule has 0 aliphatic carbocycles. The smallest absolute Gasteiger partial charge is 0.270 e. The number of fused-ring (bicyclic) bond motifs is 1. The van der Waals surface area contributed by atoms with Crippen LogP contribution in [-0.4, -0.2) is 34.2 Å². The van der Waals surface area contributed by atoms with Crippen LogP contribution in [0.2, 0.25) is 0 Å². The molecule has 2 rings (SSSR count). The highest BCUT2D eigenvalue weighted by atomic mass is 16.5. The number of benzene rings is 1. The summed E-state index contributed by atoms with van der Waals surface area (Å²) in [4.78, 5) is 16.7. The summed E-state index contributed by atoms with van der Waals surface area (Å²) in [5.74, 6) is 0.0560. The van der Waals surface area contributed by atoms with Gasteiger partial charge in [-0.3, -0.25) is 4.79 Å². The Kier molecular flexibility index (Phi) is 4.11. The summed E-state index contributed by atoms with van der Waals surface area (Å²) in [5, 5.41) is 14.7. The fourth-order valence-electron chi connectivity index (χ4n) is 1.94. The molecule has 5 heteroatoms. The van der Waals surface area contributed by atoms with Crippen LogP contribution < -0.4 is 10.1 Å². The molecule has 1 heterocycles. The normalized spacial score (nSPS) is 12.3. The van der Waals surface area contributed by atoms with E-state index in [0.29, 0.717) is 5.88 Å². The molecule has 0 spiro atoms. The van der Waals surface area contributed by atoms with Gasteiger partial charge in [-0.25, -0.2) is 4.98 Å². The van der Waals surface area contributed by atoms with Gasteiger partial charge in [-0.2, -0.15) is 0 Å². The standard InChI is InChI=1S/C17H22N2O3/c1-16(2,17(3,4)21)19-14(20)13-10-11-8-6-7-9-12(11)15(18-13)22-5/h6-10,21H,1-5H3,(H,19,20). The summed E-state index contributed by atoms with van der Waals surface area (Å²) in [6.07, 6.45) is 0. The second kappa shape index (κ2) is 5.57. The second-order valence-corrected chi connectivity index (χ2v) is 6.38. The molecule has 0 aliphatic heterocycles. The zero-order valence-electron chi connectivity index (χ0n) is 13.6. The Hall–Kier alpha value is -2.14. The number of nitrogens with zero attached hydrogens (tertiary/aromatic N) is 1. The van der Waals surface area contributed by atoms with Crippen LogP contribution in [0, 0.1) is 0 Å². The number of hydrogen-bond acceptors (Lipinski definition) is 4. The van der Waals surface area contributed by atoms with Crippen LogP contribution in [0.25, 0.3) is 10.8 Å². The second-order valence-electron chi connectivity index (χ2n) is 6.38. The van der Waals surface area contributed by atoms with Crippen LogP contribution in [0.4, 0.5) is 0 Å². The van der Waals surface area contributed by atoms with Crippen molar-refractivity contribution >= 4 is 16.7 Å². The number of rotatable bonds is 4. The predicted molar refractivity (Wildman–Crippen MR) is 86.1 cm³/mol. The average Bonchev–Trinajstić information content (AvgIpc) is 2.44. The topological polar surface area (TPSA) is 71.5 Å². The maximum Gasteiger partial charge on any atom is 0.270 e. The molecule has 1 aromatic heterocycles. The van der Waals surface area contributed by atoms with Gasteiger partial charge in [0.1, 0.15) is 5.69 Å². The summed E-state index contributed by atoms with van der Waals surface area (Å²) in [7, 11) is 1.53. The van der Waals surface area contributed by atoms with Crippen molar-refractivity contribution in [3.05, 3.63) is 36.0 Å². The van der Waals surface area contributed by atoms with E-state index in [1.807, 2.05) is 24.3 Å².